The number of morpholine rings is 1. The minimum atomic E-state index is -0.204. The molecule has 0 amide bonds. The van der Waals surface area contributed by atoms with Gasteiger partial charge >= 0.3 is 5.97 Å². The SMILES string of the molecule is CN1C2CC(OC(=O)c3ccccc3)CC1[C@@H]1O[C@H]21. The van der Waals surface area contributed by atoms with E-state index in [0.29, 0.717) is 29.9 Å². The van der Waals surface area contributed by atoms with E-state index in [4.69, 9.17) is 9.47 Å². The Bertz CT molecular complexity index is 485. The molecular weight excluding hydrogens is 242 g/mol. The summed E-state index contributed by atoms with van der Waals surface area (Å²) in [5.41, 5.74) is 0.634. The summed E-state index contributed by atoms with van der Waals surface area (Å²) in [6, 6.07) is 10.1. The van der Waals surface area contributed by atoms with E-state index in [1.54, 1.807) is 12.1 Å². The highest BCUT2D eigenvalue weighted by Crippen LogP contribution is 2.47. The van der Waals surface area contributed by atoms with Crippen LogP contribution in [0.25, 0.3) is 0 Å². The second-order valence-corrected chi connectivity index (χ2v) is 5.73. The van der Waals surface area contributed by atoms with Crippen molar-refractivity contribution in [1.82, 2.24) is 4.90 Å². The summed E-state index contributed by atoms with van der Waals surface area (Å²) >= 11 is 0. The van der Waals surface area contributed by atoms with E-state index in [1.165, 1.54) is 0 Å². The lowest BCUT2D eigenvalue weighted by Gasteiger charge is -2.37. The van der Waals surface area contributed by atoms with Gasteiger partial charge in [0, 0.05) is 24.9 Å². The van der Waals surface area contributed by atoms with Gasteiger partial charge in [-0.1, -0.05) is 18.2 Å². The molecule has 100 valence electrons. The smallest absolute Gasteiger partial charge is 0.338 e. The van der Waals surface area contributed by atoms with Crippen molar-refractivity contribution in [3.05, 3.63) is 35.9 Å². The molecule has 3 aliphatic heterocycles. The quantitative estimate of drug-likeness (QED) is 0.595. The van der Waals surface area contributed by atoms with E-state index in [0.717, 1.165) is 12.8 Å². The van der Waals surface area contributed by atoms with Crippen molar-refractivity contribution < 1.29 is 14.3 Å². The van der Waals surface area contributed by atoms with Crippen molar-refractivity contribution in [1.29, 1.82) is 0 Å². The first-order chi connectivity index (χ1) is 9.24. The summed E-state index contributed by atoms with van der Waals surface area (Å²) < 4.78 is 11.3. The van der Waals surface area contributed by atoms with Crippen molar-refractivity contribution >= 4 is 5.97 Å². The lowest BCUT2D eigenvalue weighted by molar-refractivity contribution is -0.0232. The molecule has 3 unspecified atom stereocenters. The topological polar surface area (TPSA) is 42.1 Å². The summed E-state index contributed by atoms with van der Waals surface area (Å²) in [6.45, 7) is 0. The third-order valence-corrected chi connectivity index (χ3v) is 4.66. The van der Waals surface area contributed by atoms with Crippen LogP contribution in [0.5, 0.6) is 0 Å². The van der Waals surface area contributed by atoms with Crippen LogP contribution in [0.15, 0.2) is 30.3 Å². The number of hydrogen-bond acceptors (Lipinski definition) is 4. The maximum Gasteiger partial charge on any atom is 0.338 e. The summed E-state index contributed by atoms with van der Waals surface area (Å²) in [4.78, 5) is 14.4. The maximum atomic E-state index is 12.1. The number of likely N-dealkylation sites (N-methyl/N-ethyl adjacent to an activating group) is 1. The minimum absolute atomic E-state index is 0.0373. The Morgan fingerprint density at radius 3 is 2.47 bits per heavy atom. The highest BCUT2D eigenvalue weighted by molar-refractivity contribution is 5.89. The van der Waals surface area contributed by atoms with E-state index in [2.05, 4.69) is 11.9 Å². The van der Waals surface area contributed by atoms with Crippen LogP contribution < -0.4 is 0 Å². The molecule has 0 aliphatic carbocycles. The van der Waals surface area contributed by atoms with Crippen LogP contribution in [0.3, 0.4) is 0 Å². The molecule has 3 fully saturated rings. The molecule has 4 nitrogen and oxygen atoms in total. The molecule has 0 spiro atoms. The van der Waals surface area contributed by atoms with Gasteiger partial charge in [-0.25, -0.2) is 4.79 Å². The van der Waals surface area contributed by atoms with E-state index >= 15 is 0 Å². The Morgan fingerprint density at radius 2 is 1.84 bits per heavy atom. The lowest BCUT2D eigenvalue weighted by atomic mass is 9.99. The van der Waals surface area contributed by atoms with Crippen molar-refractivity contribution in [3.63, 3.8) is 0 Å². The predicted octanol–water partition coefficient (Wildman–Crippen LogP) is 1.46. The zero-order chi connectivity index (χ0) is 13.0. The van der Waals surface area contributed by atoms with E-state index in [1.807, 2.05) is 18.2 Å². The van der Waals surface area contributed by atoms with E-state index < -0.39 is 0 Å². The third kappa shape index (κ3) is 1.78. The predicted molar refractivity (Wildman–Crippen MR) is 68.9 cm³/mol. The van der Waals surface area contributed by atoms with Crippen LogP contribution in [-0.4, -0.2) is 48.3 Å². The molecule has 0 radical (unpaired) electrons. The Hall–Kier alpha value is -1.39. The van der Waals surface area contributed by atoms with Crippen molar-refractivity contribution in [2.24, 2.45) is 0 Å². The highest BCUT2D eigenvalue weighted by Gasteiger charge is 2.62. The van der Waals surface area contributed by atoms with Gasteiger partial charge in [-0.15, -0.1) is 0 Å². The molecule has 0 saturated carbocycles. The summed E-state index contributed by atoms with van der Waals surface area (Å²) in [5, 5.41) is 0. The van der Waals surface area contributed by atoms with Crippen LogP contribution in [0.1, 0.15) is 23.2 Å². The summed E-state index contributed by atoms with van der Waals surface area (Å²) in [5.74, 6) is -0.204. The molecule has 0 N–H and O–H groups in total. The number of esters is 1. The average molecular weight is 259 g/mol. The van der Waals surface area contributed by atoms with Crippen LogP contribution in [-0.2, 0) is 9.47 Å². The average Bonchev–Trinajstić information content (AvgIpc) is 3.18. The molecule has 3 aliphatic rings. The van der Waals surface area contributed by atoms with Gasteiger partial charge < -0.3 is 9.47 Å². The van der Waals surface area contributed by atoms with Gasteiger partial charge in [0.1, 0.15) is 18.3 Å². The monoisotopic (exact) mass is 259 g/mol. The molecule has 2 bridgehead atoms. The van der Waals surface area contributed by atoms with Gasteiger partial charge in [-0.05, 0) is 19.2 Å². The fraction of sp³-hybridized carbons (Fsp3) is 0.533. The van der Waals surface area contributed by atoms with Crippen molar-refractivity contribution in [2.75, 3.05) is 7.05 Å². The largest absolute Gasteiger partial charge is 0.459 e. The molecule has 5 atom stereocenters. The Balaban J connectivity index is 1.44. The Kier molecular flexibility index (Phi) is 2.44. The van der Waals surface area contributed by atoms with Gasteiger partial charge in [0.2, 0.25) is 0 Å². The van der Waals surface area contributed by atoms with Gasteiger partial charge in [-0.2, -0.15) is 0 Å². The van der Waals surface area contributed by atoms with Crippen LogP contribution in [0.4, 0.5) is 0 Å². The standard InChI is InChI=1S/C15H17NO3/c1-16-11-7-10(8-12(16)14-13(11)19-14)18-15(17)9-5-3-2-4-6-9/h2-6,10-14H,7-8H2,1H3/t10?,11?,12?,13-,14+. The van der Waals surface area contributed by atoms with Crippen molar-refractivity contribution in [2.45, 2.75) is 43.2 Å². The number of fused-ring (bicyclic) bond motifs is 5. The molecule has 0 aromatic heterocycles. The fourth-order valence-electron chi connectivity index (χ4n) is 3.59. The number of hydrogen-bond donors (Lipinski definition) is 0. The second kappa shape index (κ2) is 4.05. The molecule has 19 heavy (non-hydrogen) atoms. The first-order valence-corrected chi connectivity index (χ1v) is 6.87. The van der Waals surface area contributed by atoms with Gasteiger partial charge in [0.15, 0.2) is 0 Å². The number of carbonyl (C=O) groups is 1. The fourth-order valence-corrected chi connectivity index (χ4v) is 3.59. The van der Waals surface area contributed by atoms with E-state index in [9.17, 15) is 4.79 Å². The number of carbonyl (C=O) groups excluding carboxylic acids is 1. The zero-order valence-electron chi connectivity index (χ0n) is 10.9. The third-order valence-electron chi connectivity index (χ3n) is 4.66. The molecule has 3 heterocycles. The van der Waals surface area contributed by atoms with Crippen LogP contribution in [0, 0.1) is 0 Å². The Morgan fingerprint density at radius 1 is 1.21 bits per heavy atom. The first-order valence-electron chi connectivity index (χ1n) is 6.87. The molecular formula is C15H17NO3. The number of ether oxygens (including phenoxy) is 2. The molecule has 4 heteroatoms. The first kappa shape index (κ1) is 11.4. The van der Waals surface area contributed by atoms with Crippen molar-refractivity contribution in [3.8, 4) is 0 Å². The molecule has 1 aromatic carbocycles. The second-order valence-electron chi connectivity index (χ2n) is 5.73. The lowest BCUT2D eigenvalue weighted by Crippen LogP contribution is -2.47. The number of piperidine rings is 1. The zero-order valence-corrected chi connectivity index (χ0v) is 10.9. The molecule has 1 aromatic rings. The van der Waals surface area contributed by atoms with E-state index in [-0.39, 0.29) is 12.1 Å². The van der Waals surface area contributed by atoms with Gasteiger partial charge in [0.05, 0.1) is 5.56 Å². The minimum Gasteiger partial charge on any atom is -0.459 e. The Labute approximate surface area is 112 Å². The number of epoxide rings is 1. The summed E-state index contributed by atoms with van der Waals surface area (Å²) in [7, 11) is 2.15. The number of rotatable bonds is 2. The molecule has 4 rings (SSSR count). The van der Waals surface area contributed by atoms with Crippen LogP contribution in [0.2, 0.25) is 0 Å². The normalized spacial score (nSPS) is 39.7. The van der Waals surface area contributed by atoms with Gasteiger partial charge in [-0.3, -0.25) is 4.90 Å². The summed E-state index contributed by atoms with van der Waals surface area (Å²) in [6.07, 6.45) is 2.60. The van der Waals surface area contributed by atoms with Crippen LogP contribution >= 0.6 is 0 Å². The number of nitrogens with zero attached hydrogens (tertiary/aromatic N) is 1. The number of benzene rings is 1. The molecule has 3 saturated heterocycles. The highest BCUT2D eigenvalue weighted by atomic mass is 16.6. The van der Waals surface area contributed by atoms with Gasteiger partial charge in [0.25, 0.3) is 0 Å². The maximum absolute atomic E-state index is 12.1.